The van der Waals surface area contributed by atoms with Crippen LogP contribution in [0.5, 0.6) is 0 Å². The number of amides is 2. The average molecular weight is 361 g/mol. The molecule has 140 valence electrons. The molecule has 1 saturated carbocycles. The highest BCUT2D eigenvalue weighted by Crippen LogP contribution is 2.35. The first-order chi connectivity index (χ1) is 12.6. The molecule has 2 saturated heterocycles. The smallest absolute Gasteiger partial charge is 0.254 e. The molecule has 2 amide bonds. The molecule has 26 heavy (non-hydrogen) atoms. The monoisotopic (exact) mass is 361 g/mol. The third-order valence-electron chi connectivity index (χ3n) is 5.68. The van der Waals surface area contributed by atoms with Crippen LogP contribution in [0, 0.1) is 11.7 Å². The number of ether oxygens (including phenoxy) is 1. The summed E-state index contributed by atoms with van der Waals surface area (Å²) in [5.41, 5.74) is -0.190. The number of nitrogens with one attached hydrogen (secondary N) is 2. The number of morpholine rings is 1. The van der Waals surface area contributed by atoms with Crippen LogP contribution in [0.3, 0.4) is 0 Å². The van der Waals surface area contributed by atoms with E-state index < -0.39 is 11.5 Å². The van der Waals surface area contributed by atoms with E-state index in [-0.39, 0.29) is 23.7 Å². The molecule has 2 N–H and O–H groups in total. The Morgan fingerprint density at radius 2 is 2.12 bits per heavy atom. The first-order valence-corrected chi connectivity index (χ1v) is 9.26. The van der Waals surface area contributed by atoms with Gasteiger partial charge in [0.05, 0.1) is 12.5 Å². The van der Waals surface area contributed by atoms with Crippen LogP contribution in [-0.4, -0.2) is 54.6 Å². The molecule has 6 nitrogen and oxygen atoms in total. The normalized spacial score (nSPS) is 29.4. The van der Waals surface area contributed by atoms with Crippen molar-refractivity contribution in [1.82, 2.24) is 15.5 Å². The van der Waals surface area contributed by atoms with E-state index >= 15 is 0 Å². The Labute approximate surface area is 152 Å². The van der Waals surface area contributed by atoms with Gasteiger partial charge in [-0.2, -0.15) is 0 Å². The van der Waals surface area contributed by atoms with E-state index in [0.717, 1.165) is 24.8 Å². The van der Waals surface area contributed by atoms with Crippen molar-refractivity contribution in [3.63, 3.8) is 0 Å². The summed E-state index contributed by atoms with van der Waals surface area (Å²) in [6, 6.07) is 6.52. The Bertz CT molecular complexity index is 692. The molecule has 0 aromatic heterocycles. The first kappa shape index (κ1) is 17.4. The number of hydrogen-bond acceptors (Lipinski definition) is 4. The summed E-state index contributed by atoms with van der Waals surface area (Å²) in [6.07, 6.45) is 3.13. The van der Waals surface area contributed by atoms with E-state index in [2.05, 4.69) is 10.6 Å². The molecule has 0 unspecified atom stereocenters. The Morgan fingerprint density at radius 3 is 2.77 bits per heavy atom. The lowest BCUT2D eigenvalue weighted by atomic mass is 9.86. The van der Waals surface area contributed by atoms with Gasteiger partial charge in [-0.25, -0.2) is 4.39 Å². The summed E-state index contributed by atoms with van der Waals surface area (Å²) in [5.74, 6) is -1.13. The quantitative estimate of drug-likeness (QED) is 0.833. The van der Waals surface area contributed by atoms with Crippen molar-refractivity contribution in [2.45, 2.75) is 37.5 Å². The van der Waals surface area contributed by atoms with Crippen molar-refractivity contribution in [3.8, 4) is 0 Å². The van der Waals surface area contributed by atoms with Crippen LogP contribution in [-0.2, 0) is 20.9 Å². The maximum Gasteiger partial charge on any atom is 0.254 e. The third kappa shape index (κ3) is 3.21. The molecular weight excluding hydrogens is 337 g/mol. The summed E-state index contributed by atoms with van der Waals surface area (Å²) in [7, 11) is 0. The van der Waals surface area contributed by atoms with Gasteiger partial charge >= 0.3 is 0 Å². The highest BCUT2D eigenvalue weighted by molar-refractivity contribution is 5.94. The summed E-state index contributed by atoms with van der Waals surface area (Å²) in [6.45, 7) is 2.23. The number of carbonyl (C=O) groups excluding carboxylic acids is 2. The zero-order valence-electron chi connectivity index (χ0n) is 14.7. The Morgan fingerprint density at radius 1 is 1.35 bits per heavy atom. The second-order valence-electron chi connectivity index (χ2n) is 7.48. The molecule has 1 aromatic rings. The highest BCUT2D eigenvalue weighted by Gasteiger charge is 2.57. The van der Waals surface area contributed by atoms with E-state index in [1.165, 1.54) is 12.1 Å². The second kappa shape index (κ2) is 6.96. The minimum atomic E-state index is -1.13. The van der Waals surface area contributed by atoms with Crippen molar-refractivity contribution in [2.24, 2.45) is 5.92 Å². The predicted octanol–water partition coefficient (Wildman–Crippen LogP) is 0.811. The Kier molecular flexibility index (Phi) is 4.67. The van der Waals surface area contributed by atoms with Gasteiger partial charge in [0.15, 0.2) is 5.60 Å². The van der Waals surface area contributed by atoms with Gasteiger partial charge in [0.1, 0.15) is 5.82 Å². The first-order valence-electron chi connectivity index (χ1n) is 9.26. The van der Waals surface area contributed by atoms with Crippen LogP contribution in [0.4, 0.5) is 4.39 Å². The van der Waals surface area contributed by atoms with Crippen molar-refractivity contribution < 1.29 is 18.7 Å². The molecule has 1 aromatic carbocycles. The number of hydrogen-bond donors (Lipinski definition) is 2. The molecular formula is C19H24FN3O3. The molecule has 3 fully saturated rings. The SMILES string of the molecule is O=C(NC1CCC1)[C@H]1CN(Cc2ccc(F)cc2)C[C@@]12OCCNC2=O. The van der Waals surface area contributed by atoms with E-state index in [1.54, 1.807) is 12.1 Å². The minimum absolute atomic E-state index is 0.103. The van der Waals surface area contributed by atoms with Crippen LogP contribution in [0.25, 0.3) is 0 Å². The number of nitrogens with zero attached hydrogens (tertiary/aromatic N) is 1. The number of halogens is 1. The van der Waals surface area contributed by atoms with Crippen LogP contribution < -0.4 is 10.6 Å². The van der Waals surface area contributed by atoms with E-state index in [9.17, 15) is 14.0 Å². The number of benzene rings is 1. The zero-order chi connectivity index (χ0) is 18.1. The maximum absolute atomic E-state index is 13.1. The van der Waals surface area contributed by atoms with Crippen molar-refractivity contribution >= 4 is 11.8 Å². The highest BCUT2D eigenvalue weighted by atomic mass is 19.1. The summed E-state index contributed by atoms with van der Waals surface area (Å²) in [5, 5.41) is 5.92. The molecule has 7 heteroatoms. The van der Waals surface area contributed by atoms with Gasteiger partial charge in [-0.3, -0.25) is 14.5 Å². The van der Waals surface area contributed by atoms with Crippen LogP contribution in [0.1, 0.15) is 24.8 Å². The molecule has 0 bridgehead atoms. The number of likely N-dealkylation sites (tertiary alicyclic amines) is 1. The fraction of sp³-hybridized carbons (Fsp3) is 0.579. The zero-order valence-corrected chi connectivity index (χ0v) is 14.7. The molecule has 1 spiro atoms. The largest absolute Gasteiger partial charge is 0.361 e. The predicted molar refractivity (Wildman–Crippen MR) is 92.6 cm³/mol. The fourth-order valence-corrected chi connectivity index (χ4v) is 4.02. The number of carbonyl (C=O) groups is 2. The molecule has 1 aliphatic carbocycles. The Balaban J connectivity index is 1.52. The van der Waals surface area contributed by atoms with Gasteiger partial charge in [0, 0.05) is 32.2 Å². The summed E-state index contributed by atoms with van der Waals surface area (Å²) in [4.78, 5) is 27.6. The molecule has 0 radical (unpaired) electrons. The van der Waals surface area contributed by atoms with Gasteiger partial charge in [0.2, 0.25) is 5.91 Å². The molecule has 4 rings (SSSR count). The maximum atomic E-state index is 13.1. The van der Waals surface area contributed by atoms with Crippen LogP contribution >= 0.6 is 0 Å². The lowest BCUT2D eigenvalue weighted by Crippen LogP contribution is -2.62. The van der Waals surface area contributed by atoms with Crippen molar-refractivity contribution in [2.75, 3.05) is 26.2 Å². The van der Waals surface area contributed by atoms with Gasteiger partial charge in [-0.15, -0.1) is 0 Å². The summed E-state index contributed by atoms with van der Waals surface area (Å²) < 4.78 is 19.0. The summed E-state index contributed by atoms with van der Waals surface area (Å²) >= 11 is 0. The fourth-order valence-electron chi connectivity index (χ4n) is 4.02. The number of rotatable bonds is 4. The van der Waals surface area contributed by atoms with Crippen LogP contribution in [0.15, 0.2) is 24.3 Å². The topological polar surface area (TPSA) is 70.7 Å². The van der Waals surface area contributed by atoms with Crippen molar-refractivity contribution in [3.05, 3.63) is 35.6 Å². The molecule has 3 aliphatic rings. The van der Waals surface area contributed by atoms with E-state index in [1.807, 2.05) is 4.90 Å². The standard InChI is InChI=1S/C19H24FN3O3/c20-14-6-4-13(5-7-14)10-23-11-16(17(24)22-15-2-1-3-15)19(12-23)18(25)21-8-9-26-19/h4-7,15-16H,1-3,8-12H2,(H,21,25)(H,22,24)/t16-,19-/m1/s1. The van der Waals surface area contributed by atoms with Gasteiger partial charge in [-0.1, -0.05) is 12.1 Å². The average Bonchev–Trinajstić information content (AvgIpc) is 2.95. The lowest BCUT2D eigenvalue weighted by molar-refractivity contribution is -0.163. The van der Waals surface area contributed by atoms with Crippen molar-refractivity contribution in [1.29, 1.82) is 0 Å². The van der Waals surface area contributed by atoms with E-state index in [4.69, 9.17) is 4.74 Å². The second-order valence-corrected chi connectivity index (χ2v) is 7.48. The molecule has 2 aliphatic heterocycles. The van der Waals surface area contributed by atoms with Gasteiger partial charge < -0.3 is 15.4 Å². The van der Waals surface area contributed by atoms with Gasteiger partial charge in [-0.05, 0) is 37.0 Å². The molecule has 2 heterocycles. The lowest BCUT2D eigenvalue weighted by Gasteiger charge is -2.37. The molecule has 2 atom stereocenters. The van der Waals surface area contributed by atoms with E-state index in [0.29, 0.717) is 32.8 Å². The minimum Gasteiger partial charge on any atom is -0.361 e. The Hall–Kier alpha value is -1.99. The van der Waals surface area contributed by atoms with Gasteiger partial charge in [0.25, 0.3) is 5.91 Å². The van der Waals surface area contributed by atoms with Crippen LogP contribution in [0.2, 0.25) is 0 Å². The third-order valence-corrected chi connectivity index (χ3v) is 5.68.